The van der Waals surface area contributed by atoms with Crippen LogP contribution in [0.4, 0.5) is 4.39 Å². The molecule has 3 aliphatic carbocycles. The molecule has 10 rings (SSSR count). The monoisotopic (exact) mass is 1090 g/mol. The van der Waals surface area contributed by atoms with E-state index in [1.165, 1.54) is 30.4 Å². The van der Waals surface area contributed by atoms with E-state index in [-0.39, 0.29) is 89.8 Å². The molecule has 0 aromatic rings. The van der Waals surface area contributed by atoms with E-state index < -0.39 is 24.5 Å². The van der Waals surface area contributed by atoms with Gasteiger partial charge >= 0.3 is 0 Å². The predicted molar refractivity (Wildman–Crippen MR) is 297 cm³/mol. The number of allylic oxidation sites excluding steroid dienone is 1. The Morgan fingerprint density at radius 1 is 0.974 bits per heavy atom. The lowest BCUT2D eigenvalue weighted by Gasteiger charge is -2.51. The van der Waals surface area contributed by atoms with Crippen LogP contribution < -0.4 is 37.2 Å². The number of aliphatic hydroxyl groups is 3. The Balaban J connectivity index is 0.774. The minimum atomic E-state index is -1.12. The molecule has 10 N–H and O–H groups in total. The number of fused-ring (bicyclic) bond motifs is 5. The molecule has 76 heavy (non-hydrogen) atoms. The Kier molecular flexibility index (Phi) is 18.9. The standard InChI is InChI=1S/C58H100FN9O7S/c1-32(2)50(65-56(71)73-9)53(69)60-21-10-12-33(3)34(4)52-61-29-41(64-52)36-16-17-43-39(24-36)26-44-49-40(59)25-38(27-45(49)75-55(68(43)44)47-19-18-46(76-47)35-14-15-35)42-30-63-58(7,66-42)48-13-11-22-67(48)54(70)51(62-31-72-8)37-20-23-74-57(5,6)28-37/h16,19,25,32-35,37-39,41-46,48-56,60-66,69-71H,10-15,17-18,20-24,26-31H2,1-9H3/t33-,34?,37?,38+,39-,41-,42+,43-,44?,45?,46+,48-,49+,50-,51?,52?,53+,54?,55?,56?,58?/m0/s1. The topological polar surface area (TPSA) is 188 Å². The summed E-state index contributed by atoms with van der Waals surface area (Å²) < 4.78 is 41.4. The van der Waals surface area contributed by atoms with E-state index in [1.807, 2.05) is 19.9 Å². The largest absolute Gasteiger partial charge is 0.377 e. The van der Waals surface area contributed by atoms with Crippen molar-refractivity contribution in [3.63, 3.8) is 0 Å². The van der Waals surface area contributed by atoms with Gasteiger partial charge in [-0.25, -0.2) is 4.39 Å². The van der Waals surface area contributed by atoms with Gasteiger partial charge in [0.25, 0.3) is 0 Å². The van der Waals surface area contributed by atoms with Gasteiger partial charge in [-0.3, -0.25) is 47.0 Å². The van der Waals surface area contributed by atoms with Gasteiger partial charge < -0.3 is 34.3 Å². The van der Waals surface area contributed by atoms with Gasteiger partial charge in [0.15, 0.2) is 0 Å². The number of likely N-dealkylation sites (tertiary alicyclic amines) is 1. The highest BCUT2D eigenvalue weighted by Gasteiger charge is 2.59. The zero-order chi connectivity index (χ0) is 53.6. The third-order valence-corrected chi connectivity index (χ3v) is 21.9. The first kappa shape index (κ1) is 58.1. The van der Waals surface area contributed by atoms with Crippen LogP contribution in [0, 0.1) is 47.3 Å². The minimum Gasteiger partial charge on any atom is -0.377 e. The summed E-state index contributed by atoms with van der Waals surface area (Å²) in [4.78, 5) is 6.36. The van der Waals surface area contributed by atoms with Crippen molar-refractivity contribution < 1.29 is 38.7 Å². The first-order valence-electron chi connectivity index (χ1n) is 30.0. The highest BCUT2D eigenvalue weighted by Crippen LogP contribution is 2.56. The molecule has 0 aromatic carbocycles. The molecule has 0 amide bonds. The number of nitrogens with zero attached hydrogens (tertiary/aromatic N) is 2. The number of rotatable bonds is 23. The summed E-state index contributed by atoms with van der Waals surface area (Å²) in [6.45, 7) is 19.5. The highest BCUT2D eigenvalue weighted by atomic mass is 32.2. The van der Waals surface area contributed by atoms with Crippen LogP contribution in [0.15, 0.2) is 34.5 Å². The van der Waals surface area contributed by atoms with E-state index >= 15 is 4.39 Å². The first-order chi connectivity index (χ1) is 36.4. The molecule has 10 unspecified atom stereocenters. The maximum Gasteiger partial charge on any atom is 0.213 e. The van der Waals surface area contributed by atoms with Gasteiger partial charge in [-0.1, -0.05) is 45.4 Å². The lowest BCUT2D eigenvalue weighted by atomic mass is 9.75. The summed E-state index contributed by atoms with van der Waals surface area (Å²) in [7, 11) is 3.13. The van der Waals surface area contributed by atoms with E-state index in [2.05, 4.69) is 106 Å². The molecule has 0 spiro atoms. The molecule has 0 aromatic heterocycles. The zero-order valence-electron chi connectivity index (χ0n) is 47.5. The van der Waals surface area contributed by atoms with Crippen molar-refractivity contribution in [1.82, 2.24) is 47.0 Å². The normalized spacial score (nSPS) is 40.7. The molecular formula is C58H100FN9O7S. The molecular weight excluding hydrogens is 986 g/mol. The van der Waals surface area contributed by atoms with Gasteiger partial charge in [0.2, 0.25) is 6.41 Å². The van der Waals surface area contributed by atoms with Gasteiger partial charge in [-0.2, -0.15) is 0 Å². The van der Waals surface area contributed by atoms with Crippen molar-refractivity contribution in [1.29, 1.82) is 0 Å². The van der Waals surface area contributed by atoms with Crippen molar-refractivity contribution in [3.05, 3.63) is 34.5 Å². The van der Waals surface area contributed by atoms with Crippen molar-refractivity contribution in [2.45, 2.75) is 228 Å². The van der Waals surface area contributed by atoms with Crippen molar-refractivity contribution in [2.24, 2.45) is 47.3 Å². The van der Waals surface area contributed by atoms with Crippen LogP contribution in [-0.4, -0.2) is 175 Å². The number of ether oxygens (including phenoxy) is 4. The fourth-order valence-electron chi connectivity index (χ4n) is 15.9. The zero-order valence-corrected chi connectivity index (χ0v) is 48.3. The number of aliphatic hydroxyl groups excluding tert-OH is 3. The maximum absolute atomic E-state index is 17.4. The number of halogens is 1. The van der Waals surface area contributed by atoms with Crippen molar-refractivity contribution >= 4 is 11.8 Å². The second-order valence-electron chi connectivity index (χ2n) is 26.3. The van der Waals surface area contributed by atoms with E-state index in [0.29, 0.717) is 48.9 Å². The van der Waals surface area contributed by atoms with Gasteiger partial charge in [-0.05, 0) is 158 Å². The average Bonchev–Trinajstić information content (AvgIpc) is 4.00. The number of nitrogens with one attached hydrogen (secondary N) is 7. The van der Waals surface area contributed by atoms with Gasteiger partial charge in [0.1, 0.15) is 24.5 Å². The minimum absolute atomic E-state index is 0.0171. The van der Waals surface area contributed by atoms with E-state index in [4.69, 9.17) is 18.9 Å². The van der Waals surface area contributed by atoms with Crippen LogP contribution in [0.3, 0.4) is 0 Å². The summed E-state index contributed by atoms with van der Waals surface area (Å²) >= 11 is 2.07. The van der Waals surface area contributed by atoms with Crippen LogP contribution >= 0.6 is 11.8 Å². The third-order valence-electron chi connectivity index (χ3n) is 20.4. The summed E-state index contributed by atoms with van der Waals surface area (Å²) in [5, 5.41) is 59.4. The molecule has 6 saturated heterocycles. The molecule has 1 saturated carbocycles. The highest BCUT2D eigenvalue weighted by molar-refractivity contribution is 8.04. The molecule has 10 aliphatic rings. The van der Waals surface area contributed by atoms with Crippen LogP contribution in [0.1, 0.15) is 132 Å². The van der Waals surface area contributed by atoms with Crippen LogP contribution in [0.5, 0.6) is 0 Å². The fraction of sp³-hybridized carbons (Fsp3) is 0.897. The number of methoxy groups -OCH3 is 2. The van der Waals surface area contributed by atoms with E-state index in [0.717, 1.165) is 96.2 Å². The van der Waals surface area contributed by atoms with Crippen LogP contribution in [0.2, 0.25) is 0 Å². The summed E-state index contributed by atoms with van der Waals surface area (Å²) in [5.41, 5.74) is 0.807. The summed E-state index contributed by atoms with van der Waals surface area (Å²) in [6, 6.07) is 0.304. The Morgan fingerprint density at radius 2 is 1.79 bits per heavy atom. The van der Waals surface area contributed by atoms with Crippen LogP contribution in [0.25, 0.3) is 0 Å². The Bertz CT molecular complexity index is 2040. The second kappa shape index (κ2) is 24.8. The first-order valence-corrected chi connectivity index (χ1v) is 30.9. The predicted octanol–water partition coefficient (Wildman–Crippen LogP) is 4.99. The van der Waals surface area contributed by atoms with E-state index in [9.17, 15) is 15.3 Å². The lowest BCUT2D eigenvalue weighted by Crippen LogP contribution is -2.66. The number of thioether (sulfide) groups is 1. The number of hydrogen-bond donors (Lipinski definition) is 10. The molecule has 0 radical (unpaired) electrons. The maximum atomic E-state index is 17.4. The molecule has 21 atom stereocenters. The Labute approximate surface area is 459 Å². The van der Waals surface area contributed by atoms with Gasteiger partial charge in [0, 0.05) is 80.8 Å². The molecule has 16 nitrogen and oxygen atoms in total. The molecule has 18 heteroatoms. The molecule has 7 aliphatic heterocycles. The van der Waals surface area contributed by atoms with Crippen molar-refractivity contribution in [3.8, 4) is 0 Å². The van der Waals surface area contributed by atoms with Crippen LogP contribution in [-0.2, 0) is 18.9 Å². The summed E-state index contributed by atoms with van der Waals surface area (Å²) in [6.07, 6.45) is 17.6. The Hall–Kier alpha value is -1.14. The fourth-order valence-corrected chi connectivity index (χ4v) is 17.3. The van der Waals surface area contributed by atoms with Gasteiger partial charge in [-0.15, -0.1) is 11.8 Å². The lowest BCUT2D eigenvalue weighted by molar-refractivity contribution is -0.176. The molecule has 0 bridgehead atoms. The molecule has 432 valence electrons. The number of hydrogen-bond acceptors (Lipinski definition) is 17. The SMILES string of the molecule is COCNC(C1CCOC(C)(C)C1)C(O)N1CCC[C@H]1C1(C)NC[C@H]([C@@H]2C=C(F)[C@H]3C(C2)OC(C2=CC[C@H](C4CC4)S2)N2C3C[C@@H]3CC([C@@H]4CNC(C(C)[C@@H](C)CCCN[C@H](O)[C@@H](NC(O)OC)C(C)C)N4)=CC[C@@H]32)N1. The van der Waals surface area contributed by atoms with Crippen molar-refractivity contribution in [2.75, 3.05) is 53.7 Å². The molecule has 7 heterocycles. The smallest absolute Gasteiger partial charge is 0.213 e. The summed E-state index contributed by atoms with van der Waals surface area (Å²) in [5.74, 6) is 2.22. The van der Waals surface area contributed by atoms with E-state index in [1.54, 1.807) is 7.11 Å². The quantitative estimate of drug-likeness (QED) is 0.0374. The van der Waals surface area contributed by atoms with Gasteiger partial charge in [0.05, 0.1) is 48.3 Å². The second-order valence-corrected chi connectivity index (χ2v) is 27.6. The molecule has 7 fully saturated rings. The Morgan fingerprint density at radius 3 is 2.54 bits per heavy atom. The third kappa shape index (κ3) is 12.6. The average molecular weight is 1090 g/mol.